The minimum atomic E-state index is -0.0892. The lowest BCUT2D eigenvalue weighted by Gasteiger charge is -2.27. The van der Waals surface area contributed by atoms with Crippen LogP contribution in [0.3, 0.4) is 0 Å². The second kappa shape index (κ2) is 7.16. The minimum Gasteiger partial charge on any atom is -0.477 e. The Labute approximate surface area is 149 Å². The summed E-state index contributed by atoms with van der Waals surface area (Å²) >= 11 is 0. The fourth-order valence-corrected chi connectivity index (χ4v) is 4.25. The normalized spacial score (nSPS) is 28.6. The molecule has 2 aliphatic heterocycles. The number of nitrogens with zero attached hydrogens (tertiary/aromatic N) is 2. The van der Waals surface area contributed by atoms with Crippen LogP contribution in [0, 0.1) is 11.3 Å². The number of carbonyl (C=O) groups is 1. The van der Waals surface area contributed by atoms with Gasteiger partial charge in [-0.05, 0) is 31.7 Å². The van der Waals surface area contributed by atoms with Crippen LogP contribution in [-0.2, 0) is 9.53 Å². The number of likely N-dealkylation sites (tertiary alicyclic amines) is 1. The SMILES string of the molecule is O=C(CC1=CCCCC1)N1C[C@@H]2COC[C@]2(COc2ccccn2)C1. The Morgan fingerprint density at radius 3 is 3.16 bits per heavy atom. The largest absolute Gasteiger partial charge is 0.477 e. The predicted molar refractivity (Wildman–Crippen MR) is 94.2 cm³/mol. The van der Waals surface area contributed by atoms with Gasteiger partial charge in [0.2, 0.25) is 11.8 Å². The molecular weight excluding hydrogens is 316 g/mol. The van der Waals surface area contributed by atoms with Gasteiger partial charge < -0.3 is 14.4 Å². The van der Waals surface area contributed by atoms with Crippen molar-refractivity contribution in [2.45, 2.75) is 32.1 Å². The second-order valence-electron chi connectivity index (χ2n) is 7.59. The van der Waals surface area contributed by atoms with Gasteiger partial charge in [-0.3, -0.25) is 4.79 Å². The molecular formula is C20H26N2O3. The standard InChI is InChI=1S/C20H26N2O3/c23-19(10-16-6-2-1-3-7-16)22-11-17-12-24-14-20(17,13-22)15-25-18-8-4-5-9-21-18/h4-6,8-9,17H,1-3,7,10-15H2/t17-,20+/m1/s1. The highest BCUT2D eigenvalue weighted by Gasteiger charge is 2.52. The van der Waals surface area contributed by atoms with Crippen LogP contribution in [0.5, 0.6) is 5.88 Å². The number of aromatic nitrogens is 1. The fraction of sp³-hybridized carbons (Fsp3) is 0.600. The van der Waals surface area contributed by atoms with Gasteiger partial charge >= 0.3 is 0 Å². The molecule has 1 amide bonds. The number of fused-ring (bicyclic) bond motifs is 1. The highest BCUT2D eigenvalue weighted by Crippen LogP contribution is 2.42. The zero-order valence-electron chi connectivity index (χ0n) is 14.7. The summed E-state index contributed by atoms with van der Waals surface area (Å²) in [6.07, 6.45) is 9.28. The molecule has 2 atom stereocenters. The summed E-state index contributed by atoms with van der Waals surface area (Å²) in [6, 6.07) is 5.67. The maximum atomic E-state index is 12.8. The highest BCUT2D eigenvalue weighted by molar-refractivity contribution is 5.79. The van der Waals surface area contributed by atoms with Gasteiger partial charge in [-0.15, -0.1) is 0 Å². The molecule has 3 aliphatic rings. The van der Waals surface area contributed by atoms with Gasteiger partial charge in [0.1, 0.15) is 0 Å². The van der Waals surface area contributed by atoms with E-state index in [0.717, 1.165) is 32.5 Å². The fourth-order valence-electron chi connectivity index (χ4n) is 4.25. The van der Waals surface area contributed by atoms with Gasteiger partial charge in [-0.2, -0.15) is 0 Å². The maximum absolute atomic E-state index is 12.8. The number of hydrogen-bond donors (Lipinski definition) is 0. The first-order valence-electron chi connectivity index (χ1n) is 9.32. The van der Waals surface area contributed by atoms with E-state index in [-0.39, 0.29) is 11.3 Å². The minimum absolute atomic E-state index is 0.0892. The third kappa shape index (κ3) is 3.56. The molecule has 0 bridgehead atoms. The lowest BCUT2D eigenvalue weighted by Crippen LogP contribution is -2.38. The van der Waals surface area contributed by atoms with Crippen molar-refractivity contribution in [1.82, 2.24) is 9.88 Å². The van der Waals surface area contributed by atoms with Crippen LogP contribution in [0.1, 0.15) is 32.1 Å². The van der Waals surface area contributed by atoms with E-state index in [2.05, 4.69) is 11.1 Å². The number of hydrogen-bond acceptors (Lipinski definition) is 4. The molecule has 2 saturated heterocycles. The van der Waals surface area contributed by atoms with E-state index in [1.807, 2.05) is 23.1 Å². The topological polar surface area (TPSA) is 51.7 Å². The van der Waals surface area contributed by atoms with Gasteiger partial charge in [0.05, 0.1) is 25.2 Å². The van der Waals surface area contributed by atoms with E-state index in [0.29, 0.717) is 31.4 Å². The van der Waals surface area contributed by atoms with Crippen LogP contribution < -0.4 is 4.74 Å². The molecule has 134 valence electrons. The summed E-state index contributed by atoms with van der Waals surface area (Å²) in [4.78, 5) is 19.0. The van der Waals surface area contributed by atoms with Crippen LogP contribution in [0.25, 0.3) is 0 Å². The molecule has 0 radical (unpaired) electrons. The molecule has 1 aromatic rings. The van der Waals surface area contributed by atoms with Gasteiger partial charge in [-0.25, -0.2) is 4.98 Å². The molecule has 25 heavy (non-hydrogen) atoms. The molecule has 2 fully saturated rings. The second-order valence-corrected chi connectivity index (χ2v) is 7.59. The van der Waals surface area contributed by atoms with Gasteiger partial charge in [0, 0.05) is 37.7 Å². The summed E-state index contributed by atoms with van der Waals surface area (Å²) < 4.78 is 11.7. The van der Waals surface area contributed by atoms with Crippen LogP contribution in [0.4, 0.5) is 0 Å². The first-order valence-corrected chi connectivity index (χ1v) is 9.32. The van der Waals surface area contributed by atoms with Crippen molar-refractivity contribution in [3.63, 3.8) is 0 Å². The Hall–Kier alpha value is -1.88. The molecule has 0 spiro atoms. The average molecular weight is 342 g/mol. The van der Waals surface area contributed by atoms with Crippen molar-refractivity contribution < 1.29 is 14.3 Å². The van der Waals surface area contributed by atoms with Crippen LogP contribution in [0.2, 0.25) is 0 Å². The van der Waals surface area contributed by atoms with Crippen molar-refractivity contribution in [2.75, 3.05) is 32.9 Å². The Morgan fingerprint density at radius 1 is 1.40 bits per heavy atom. The first kappa shape index (κ1) is 16.6. The molecule has 5 nitrogen and oxygen atoms in total. The molecule has 1 aliphatic carbocycles. The van der Waals surface area contributed by atoms with E-state index in [1.165, 1.54) is 18.4 Å². The molecule has 4 rings (SSSR count). The number of rotatable bonds is 5. The first-order chi connectivity index (χ1) is 12.3. The number of carbonyl (C=O) groups excluding carboxylic acids is 1. The Balaban J connectivity index is 1.39. The van der Waals surface area contributed by atoms with E-state index in [4.69, 9.17) is 9.47 Å². The third-order valence-corrected chi connectivity index (χ3v) is 5.78. The Morgan fingerprint density at radius 2 is 2.36 bits per heavy atom. The number of ether oxygens (including phenoxy) is 2. The van der Waals surface area contributed by atoms with Crippen LogP contribution in [0.15, 0.2) is 36.0 Å². The van der Waals surface area contributed by atoms with E-state index >= 15 is 0 Å². The molecule has 0 N–H and O–H groups in total. The van der Waals surface area contributed by atoms with E-state index in [9.17, 15) is 4.79 Å². The number of amides is 1. The lowest BCUT2D eigenvalue weighted by atomic mass is 9.82. The molecule has 0 aromatic carbocycles. The summed E-state index contributed by atoms with van der Waals surface area (Å²) in [5, 5.41) is 0. The third-order valence-electron chi connectivity index (χ3n) is 5.78. The molecule has 3 heterocycles. The van der Waals surface area contributed by atoms with Crippen molar-refractivity contribution in [1.29, 1.82) is 0 Å². The Bertz CT molecular complexity index is 646. The Kier molecular flexibility index (Phi) is 4.75. The molecule has 5 heteroatoms. The summed E-state index contributed by atoms with van der Waals surface area (Å²) in [7, 11) is 0. The zero-order valence-corrected chi connectivity index (χ0v) is 14.7. The molecule has 1 aromatic heterocycles. The summed E-state index contributed by atoms with van der Waals surface area (Å²) in [6.45, 7) is 3.46. The van der Waals surface area contributed by atoms with Gasteiger partial charge in [-0.1, -0.05) is 17.7 Å². The predicted octanol–water partition coefficient (Wildman–Crippen LogP) is 2.83. The quantitative estimate of drug-likeness (QED) is 0.772. The van der Waals surface area contributed by atoms with E-state index < -0.39 is 0 Å². The maximum Gasteiger partial charge on any atom is 0.226 e. The van der Waals surface area contributed by atoms with Crippen molar-refractivity contribution in [2.24, 2.45) is 11.3 Å². The number of allylic oxidation sites excluding steroid dienone is 1. The highest BCUT2D eigenvalue weighted by atomic mass is 16.5. The smallest absolute Gasteiger partial charge is 0.226 e. The average Bonchev–Trinajstić information content (AvgIpc) is 3.19. The summed E-state index contributed by atoms with van der Waals surface area (Å²) in [5.41, 5.74) is 1.23. The van der Waals surface area contributed by atoms with Crippen LogP contribution in [-0.4, -0.2) is 48.7 Å². The number of pyridine rings is 1. The van der Waals surface area contributed by atoms with Crippen molar-refractivity contribution in [3.8, 4) is 5.88 Å². The van der Waals surface area contributed by atoms with Crippen molar-refractivity contribution in [3.05, 3.63) is 36.0 Å². The van der Waals surface area contributed by atoms with Crippen molar-refractivity contribution >= 4 is 5.91 Å². The summed E-state index contributed by atoms with van der Waals surface area (Å²) in [5.74, 6) is 1.26. The lowest BCUT2D eigenvalue weighted by molar-refractivity contribution is -0.130. The van der Waals surface area contributed by atoms with E-state index in [1.54, 1.807) is 6.20 Å². The van der Waals surface area contributed by atoms with Gasteiger partial charge in [0.25, 0.3) is 0 Å². The van der Waals surface area contributed by atoms with Gasteiger partial charge in [0.15, 0.2) is 0 Å². The molecule has 0 unspecified atom stereocenters. The molecule has 0 saturated carbocycles. The van der Waals surface area contributed by atoms with Crippen LogP contribution >= 0.6 is 0 Å². The zero-order chi connectivity index (χ0) is 17.1. The monoisotopic (exact) mass is 342 g/mol.